The van der Waals surface area contributed by atoms with E-state index in [9.17, 15) is 4.79 Å². The van der Waals surface area contributed by atoms with Gasteiger partial charge >= 0.3 is 0 Å². The fraction of sp³-hybridized carbons (Fsp3) is 0.643. The van der Waals surface area contributed by atoms with Crippen molar-refractivity contribution in [3.8, 4) is 0 Å². The zero-order chi connectivity index (χ0) is 12.2. The first kappa shape index (κ1) is 11.2. The van der Waals surface area contributed by atoms with Gasteiger partial charge in [-0.25, -0.2) is 0 Å². The summed E-state index contributed by atoms with van der Waals surface area (Å²) in [5, 5.41) is 0. The summed E-state index contributed by atoms with van der Waals surface area (Å²) in [7, 11) is 3.15. The molecule has 0 heterocycles. The molecule has 1 fully saturated rings. The number of rotatable bonds is 2. The molecule has 92 valence electrons. The molecule has 17 heavy (non-hydrogen) atoms. The van der Waals surface area contributed by atoms with Gasteiger partial charge in [0, 0.05) is 26.1 Å². The Labute approximate surface area is 101 Å². The lowest BCUT2D eigenvalue weighted by molar-refractivity contribution is -0.249. The molecule has 3 heteroatoms. The second kappa shape index (κ2) is 3.53. The van der Waals surface area contributed by atoms with Gasteiger partial charge in [0.15, 0.2) is 5.78 Å². The van der Waals surface area contributed by atoms with Crippen LogP contribution in [0.3, 0.4) is 0 Å². The van der Waals surface area contributed by atoms with E-state index in [1.165, 1.54) is 5.57 Å². The van der Waals surface area contributed by atoms with Crippen LogP contribution in [0.15, 0.2) is 23.8 Å². The lowest BCUT2D eigenvalue weighted by atomic mass is 9.57. The average Bonchev–Trinajstić information content (AvgIpc) is 2.81. The van der Waals surface area contributed by atoms with Crippen molar-refractivity contribution in [3.05, 3.63) is 23.8 Å². The Morgan fingerprint density at radius 2 is 2.06 bits per heavy atom. The SMILES string of the molecule is COC1(OC)C(=O)[C@H]2C=C(C)[C@@H]1[C@@H]1CC=C[C@@H]12. The maximum absolute atomic E-state index is 12.5. The van der Waals surface area contributed by atoms with Gasteiger partial charge in [-0.1, -0.05) is 23.8 Å². The molecule has 4 aliphatic carbocycles. The highest BCUT2D eigenvalue weighted by atomic mass is 16.7. The zero-order valence-electron chi connectivity index (χ0n) is 10.5. The summed E-state index contributed by atoms with van der Waals surface area (Å²) in [4.78, 5) is 12.5. The molecule has 4 aliphatic rings. The summed E-state index contributed by atoms with van der Waals surface area (Å²) < 4.78 is 11.0. The summed E-state index contributed by atoms with van der Waals surface area (Å²) in [5.41, 5.74) is 1.24. The maximum Gasteiger partial charge on any atom is 0.236 e. The molecule has 4 atom stereocenters. The van der Waals surface area contributed by atoms with Gasteiger partial charge in [-0.3, -0.25) is 4.79 Å². The van der Waals surface area contributed by atoms with Crippen LogP contribution in [0.1, 0.15) is 13.3 Å². The Kier molecular flexibility index (Phi) is 2.32. The van der Waals surface area contributed by atoms with Gasteiger partial charge in [0.05, 0.1) is 0 Å². The van der Waals surface area contributed by atoms with Crippen molar-refractivity contribution in [3.63, 3.8) is 0 Å². The summed E-state index contributed by atoms with van der Waals surface area (Å²) >= 11 is 0. The van der Waals surface area contributed by atoms with Gasteiger partial charge in [0.2, 0.25) is 5.79 Å². The fourth-order valence-corrected chi connectivity index (χ4v) is 4.03. The standard InChI is InChI=1S/C14H18O3/c1-8-7-11-9-5-4-6-10(9)12(8)14(16-2,17-3)13(11)15/h4-5,7,9-12H,6H2,1-3H3/t9-,10+,11-,12+/m0/s1. The third-order valence-electron chi connectivity index (χ3n) is 4.70. The second-order valence-electron chi connectivity index (χ2n) is 5.26. The van der Waals surface area contributed by atoms with Crippen LogP contribution in [-0.4, -0.2) is 25.8 Å². The van der Waals surface area contributed by atoms with Crippen molar-refractivity contribution in [1.82, 2.24) is 0 Å². The molecule has 0 amide bonds. The summed E-state index contributed by atoms with van der Waals surface area (Å²) in [6, 6.07) is 0. The molecule has 0 radical (unpaired) electrons. The predicted molar refractivity (Wildman–Crippen MR) is 63.2 cm³/mol. The third-order valence-corrected chi connectivity index (χ3v) is 4.70. The van der Waals surface area contributed by atoms with Gasteiger partial charge in [0.25, 0.3) is 0 Å². The maximum atomic E-state index is 12.5. The lowest BCUT2D eigenvalue weighted by Gasteiger charge is -2.52. The first-order valence-electron chi connectivity index (χ1n) is 6.15. The summed E-state index contributed by atoms with van der Waals surface area (Å²) in [6.07, 6.45) is 7.52. The molecule has 0 aromatic carbocycles. The molecular formula is C14H18O3. The monoisotopic (exact) mass is 234 g/mol. The number of fused-ring (bicyclic) bond motifs is 1. The lowest BCUT2D eigenvalue weighted by Crippen LogP contribution is -2.62. The van der Waals surface area contributed by atoms with Gasteiger partial charge in [-0.15, -0.1) is 0 Å². The summed E-state index contributed by atoms with van der Waals surface area (Å²) in [5.74, 6) is -0.141. The Morgan fingerprint density at radius 3 is 2.71 bits per heavy atom. The molecule has 0 aliphatic heterocycles. The molecule has 0 unspecified atom stereocenters. The molecule has 0 N–H and O–H groups in total. The van der Waals surface area contributed by atoms with E-state index >= 15 is 0 Å². The van der Waals surface area contributed by atoms with E-state index < -0.39 is 5.79 Å². The highest BCUT2D eigenvalue weighted by Gasteiger charge is 2.62. The minimum atomic E-state index is -1.04. The molecule has 0 saturated heterocycles. The van der Waals surface area contributed by atoms with Crippen LogP contribution in [0.2, 0.25) is 0 Å². The molecule has 0 aromatic heterocycles. The predicted octanol–water partition coefficient (Wildman–Crippen LogP) is 1.94. The number of ketones is 1. The number of hydrogen-bond acceptors (Lipinski definition) is 3. The average molecular weight is 234 g/mol. The Balaban J connectivity index is 2.13. The van der Waals surface area contributed by atoms with Gasteiger partial charge in [-0.05, 0) is 25.2 Å². The van der Waals surface area contributed by atoms with Crippen molar-refractivity contribution in [2.45, 2.75) is 19.1 Å². The molecule has 0 aromatic rings. The van der Waals surface area contributed by atoms with Gasteiger partial charge in [-0.2, -0.15) is 0 Å². The van der Waals surface area contributed by atoms with Crippen molar-refractivity contribution in [1.29, 1.82) is 0 Å². The van der Waals surface area contributed by atoms with Crippen molar-refractivity contribution < 1.29 is 14.3 Å². The van der Waals surface area contributed by atoms with E-state index in [0.717, 1.165) is 6.42 Å². The first-order chi connectivity index (χ1) is 8.15. The van der Waals surface area contributed by atoms with E-state index in [1.54, 1.807) is 14.2 Å². The Bertz CT molecular complexity index is 417. The van der Waals surface area contributed by atoms with Gasteiger partial charge in [0.1, 0.15) is 0 Å². The second-order valence-corrected chi connectivity index (χ2v) is 5.26. The topological polar surface area (TPSA) is 35.5 Å². The van der Waals surface area contributed by atoms with Crippen molar-refractivity contribution in [2.75, 3.05) is 14.2 Å². The van der Waals surface area contributed by atoms with Crippen LogP contribution in [0, 0.1) is 23.7 Å². The van der Waals surface area contributed by atoms with E-state index in [1.807, 2.05) is 0 Å². The number of hydrogen-bond donors (Lipinski definition) is 0. The minimum Gasteiger partial charge on any atom is -0.347 e. The molecule has 1 saturated carbocycles. The number of allylic oxidation sites excluding steroid dienone is 3. The fourth-order valence-electron chi connectivity index (χ4n) is 4.03. The normalized spacial score (nSPS) is 41.6. The van der Waals surface area contributed by atoms with Crippen molar-refractivity contribution in [2.24, 2.45) is 23.7 Å². The third kappa shape index (κ3) is 1.16. The van der Waals surface area contributed by atoms with Crippen molar-refractivity contribution >= 4 is 5.78 Å². The minimum absolute atomic E-state index is 0.0648. The molecule has 3 nitrogen and oxygen atoms in total. The largest absolute Gasteiger partial charge is 0.347 e. The van der Waals surface area contributed by atoms with Crippen LogP contribution in [0.25, 0.3) is 0 Å². The van der Waals surface area contributed by atoms with Gasteiger partial charge < -0.3 is 9.47 Å². The van der Waals surface area contributed by atoms with E-state index in [2.05, 4.69) is 25.2 Å². The molecule has 4 rings (SSSR count). The van der Waals surface area contributed by atoms with Crippen LogP contribution >= 0.6 is 0 Å². The van der Waals surface area contributed by atoms with Crippen LogP contribution < -0.4 is 0 Å². The Morgan fingerprint density at radius 1 is 1.35 bits per heavy atom. The number of methoxy groups -OCH3 is 2. The smallest absolute Gasteiger partial charge is 0.236 e. The number of carbonyl (C=O) groups is 1. The number of Topliss-reactive ketones (excluding diaryl/α,β-unsaturated/α-hetero) is 1. The Hall–Kier alpha value is -0.930. The first-order valence-corrected chi connectivity index (χ1v) is 6.15. The van der Waals surface area contributed by atoms with Crippen LogP contribution in [-0.2, 0) is 14.3 Å². The van der Waals surface area contributed by atoms with E-state index in [4.69, 9.17) is 9.47 Å². The summed E-state index contributed by atoms with van der Waals surface area (Å²) in [6.45, 7) is 2.09. The number of carbonyl (C=O) groups excluding carboxylic acids is 1. The highest BCUT2D eigenvalue weighted by molar-refractivity contribution is 5.93. The molecular weight excluding hydrogens is 216 g/mol. The quantitative estimate of drug-likeness (QED) is 0.541. The molecule has 0 spiro atoms. The zero-order valence-corrected chi connectivity index (χ0v) is 10.5. The van der Waals surface area contributed by atoms with Crippen LogP contribution in [0.4, 0.5) is 0 Å². The molecule has 2 bridgehead atoms. The highest BCUT2D eigenvalue weighted by Crippen LogP contribution is 2.56. The van der Waals surface area contributed by atoms with Crippen LogP contribution in [0.5, 0.6) is 0 Å². The van der Waals surface area contributed by atoms with E-state index in [-0.39, 0.29) is 17.6 Å². The van der Waals surface area contributed by atoms with E-state index in [0.29, 0.717) is 11.8 Å². The number of ether oxygens (including phenoxy) is 2.